The highest BCUT2D eigenvalue weighted by atomic mass is 19.4. The fraction of sp³-hybridized carbons (Fsp3) is 0.263. The highest BCUT2D eigenvalue weighted by Crippen LogP contribution is 2.31. The highest BCUT2D eigenvalue weighted by Gasteiger charge is 2.34. The van der Waals surface area contributed by atoms with Crippen molar-refractivity contribution in [3.8, 4) is 5.75 Å². The number of rotatable bonds is 6. The molecule has 1 aromatic carbocycles. The Morgan fingerprint density at radius 3 is 2.71 bits per heavy atom. The molecule has 6 nitrogen and oxygen atoms in total. The quantitative estimate of drug-likeness (QED) is 0.474. The van der Waals surface area contributed by atoms with E-state index in [0.717, 1.165) is 22.5 Å². The molecule has 4 rings (SSSR count). The molecule has 0 N–H and O–H groups in total. The highest BCUT2D eigenvalue weighted by molar-refractivity contribution is 6.02. The van der Waals surface area contributed by atoms with E-state index in [0.29, 0.717) is 24.6 Å². The summed E-state index contributed by atoms with van der Waals surface area (Å²) in [5.74, 6) is -0.484. The molecule has 0 bridgehead atoms. The molecule has 3 heterocycles. The number of hydrogen-bond donors (Lipinski definition) is 0. The smallest absolute Gasteiger partial charge is 0.449 e. The summed E-state index contributed by atoms with van der Waals surface area (Å²) in [7, 11) is 0. The number of imidazole rings is 1. The average molecular weight is 391 g/mol. The van der Waals surface area contributed by atoms with Gasteiger partial charge in [0.15, 0.2) is 0 Å². The maximum Gasteiger partial charge on any atom is 0.449 e. The van der Waals surface area contributed by atoms with Crippen molar-refractivity contribution in [1.82, 2.24) is 14.5 Å². The summed E-state index contributed by atoms with van der Waals surface area (Å²) < 4.78 is 55.5. The van der Waals surface area contributed by atoms with Crippen molar-refractivity contribution in [2.45, 2.75) is 26.4 Å². The van der Waals surface area contributed by atoms with Crippen molar-refractivity contribution >= 4 is 21.9 Å². The van der Waals surface area contributed by atoms with Gasteiger partial charge in [-0.3, -0.25) is 4.98 Å². The fourth-order valence-corrected chi connectivity index (χ4v) is 2.87. The summed E-state index contributed by atoms with van der Waals surface area (Å²) in [6, 6.07) is 7.43. The molecule has 0 aliphatic heterocycles. The Labute approximate surface area is 157 Å². The summed E-state index contributed by atoms with van der Waals surface area (Å²) in [5.41, 5.74) is 2.32. The summed E-state index contributed by atoms with van der Waals surface area (Å²) >= 11 is 0. The molecule has 0 aliphatic rings. The van der Waals surface area contributed by atoms with Gasteiger partial charge in [0, 0.05) is 18.1 Å². The Hall–Kier alpha value is -3.07. The van der Waals surface area contributed by atoms with E-state index in [1.807, 2.05) is 17.6 Å². The van der Waals surface area contributed by atoms with Gasteiger partial charge in [-0.1, -0.05) is 0 Å². The standard InChI is InChI=1S/C19H16F3N3O3/c1-2-26-11-25-10-24-16-8-23-15-7-12(3-5-14(15)18(16)25)27-9-13-4-6-17(28-13)19(20,21)22/h3-8,10H,2,9,11H2,1H3. The first kappa shape index (κ1) is 18.3. The number of alkyl halides is 3. The lowest BCUT2D eigenvalue weighted by molar-refractivity contribution is -0.153. The molecule has 0 aliphatic carbocycles. The number of aromatic nitrogens is 3. The van der Waals surface area contributed by atoms with Crippen LogP contribution in [0.15, 0.2) is 47.3 Å². The minimum atomic E-state index is -4.51. The van der Waals surface area contributed by atoms with Gasteiger partial charge >= 0.3 is 6.18 Å². The summed E-state index contributed by atoms with van der Waals surface area (Å²) in [6.45, 7) is 2.76. The molecule has 0 radical (unpaired) electrons. The minimum Gasteiger partial charge on any atom is -0.486 e. The first-order chi connectivity index (χ1) is 13.5. The lowest BCUT2D eigenvalue weighted by Crippen LogP contribution is -2.02. The number of hydrogen-bond acceptors (Lipinski definition) is 5. The second kappa shape index (κ2) is 7.16. The Morgan fingerprint density at radius 2 is 1.96 bits per heavy atom. The van der Waals surface area contributed by atoms with Gasteiger partial charge in [-0.15, -0.1) is 0 Å². The largest absolute Gasteiger partial charge is 0.486 e. The van der Waals surface area contributed by atoms with Crippen molar-refractivity contribution in [3.63, 3.8) is 0 Å². The van der Waals surface area contributed by atoms with E-state index in [4.69, 9.17) is 13.9 Å². The van der Waals surface area contributed by atoms with E-state index in [2.05, 4.69) is 9.97 Å². The molecule has 0 spiro atoms. The molecule has 0 fully saturated rings. The number of benzene rings is 1. The Morgan fingerprint density at radius 1 is 1.11 bits per heavy atom. The van der Waals surface area contributed by atoms with Crippen LogP contribution >= 0.6 is 0 Å². The summed E-state index contributed by atoms with van der Waals surface area (Å²) in [6.07, 6.45) is -1.16. The van der Waals surface area contributed by atoms with Crippen LogP contribution in [0.2, 0.25) is 0 Å². The predicted molar refractivity (Wildman–Crippen MR) is 94.7 cm³/mol. The van der Waals surface area contributed by atoms with E-state index in [1.54, 1.807) is 24.7 Å². The van der Waals surface area contributed by atoms with Crippen LogP contribution in [-0.2, 0) is 24.3 Å². The second-order valence-corrected chi connectivity index (χ2v) is 6.06. The van der Waals surface area contributed by atoms with Gasteiger partial charge in [-0.25, -0.2) is 4.98 Å². The Bertz CT molecular complexity index is 1120. The predicted octanol–water partition coefficient (Wildman–Crippen LogP) is 4.77. The van der Waals surface area contributed by atoms with Crippen LogP contribution in [0.4, 0.5) is 13.2 Å². The molecule has 28 heavy (non-hydrogen) atoms. The molecule has 0 unspecified atom stereocenters. The third kappa shape index (κ3) is 3.53. The molecule has 0 saturated carbocycles. The van der Waals surface area contributed by atoms with Gasteiger partial charge in [0.05, 0.1) is 23.6 Å². The minimum absolute atomic E-state index is 0.0885. The number of nitrogens with zero attached hydrogens (tertiary/aromatic N) is 3. The molecule has 0 saturated heterocycles. The lowest BCUT2D eigenvalue weighted by Gasteiger charge is -2.08. The molecular formula is C19H16F3N3O3. The molecule has 9 heteroatoms. The first-order valence-corrected chi connectivity index (χ1v) is 8.56. The molecular weight excluding hydrogens is 375 g/mol. The van der Waals surface area contributed by atoms with E-state index in [9.17, 15) is 13.2 Å². The maximum absolute atomic E-state index is 12.6. The summed E-state index contributed by atoms with van der Waals surface area (Å²) in [4.78, 5) is 8.71. The Kier molecular flexibility index (Phi) is 4.68. The Balaban J connectivity index is 1.57. The van der Waals surface area contributed by atoms with Crippen molar-refractivity contribution in [2.75, 3.05) is 6.61 Å². The molecule has 146 valence electrons. The molecule has 0 amide bonds. The zero-order valence-electron chi connectivity index (χ0n) is 14.9. The number of furan rings is 1. The van der Waals surface area contributed by atoms with Gasteiger partial charge < -0.3 is 18.5 Å². The molecule has 3 aromatic heterocycles. The first-order valence-electron chi connectivity index (χ1n) is 8.56. The van der Waals surface area contributed by atoms with E-state index < -0.39 is 11.9 Å². The zero-order chi connectivity index (χ0) is 19.7. The van der Waals surface area contributed by atoms with Gasteiger partial charge in [0.1, 0.15) is 30.4 Å². The topological polar surface area (TPSA) is 62.3 Å². The summed E-state index contributed by atoms with van der Waals surface area (Å²) in [5, 5.41) is 0.874. The average Bonchev–Trinajstić information content (AvgIpc) is 3.31. The van der Waals surface area contributed by atoms with Gasteiger partial charge in [-0.05, 0) is 31.2 Å². The van der Waals surface area contributed by atoms with Crippen LogP contribution in [0, 0.1) is 0 Å². The van der Waals surface area contributed by atoms with Crippen LogP contribution in [0.5, 0.6) is 5.75 Å². The third-order valence-electron chi connectivity index (χ3n) is 4.17. The fourth-order valence-electron chi connectivity index (χ4n) is 2.87. The van der Waals surface area contributed by atoms with E-state index >= 15 is 0 Å². The van der Waals surface area contributed by atoms with Gasteiger partial charge in [-0.2, -0.15) is 13.2 Å². The normalized spacial score (nSPS) is 12.1. The number of fused-ring (bicyclic) bond motifs is 3. The number of ether oxygens (including phenoxy) is 2. The van der Waals surface area contributed by atoms with Crippen LogP contribution < -0.4 is 4.74 Å². The second-order valence-electron chi connectivity index (χ2n) is 6.06. The number of pyridine rings is 1. The van der Waals surface area contributed by atoms with E-state index in [1.165, 1.54) is 6.07 Å². The van der Waals surface area contributed by atoms with Crippen molar-refractivity contribution in [2.24, 2.45) is 0 Å². The van der Waals surface area contributed by atoms with Crippen LogP contribution in [0.25, 0.3) is 21.9 Å². The van der Waals surface area contributed by atoms with Crippen LogP contribution in [0.3, 0.4) is 0 Å². The number of halogens is 3. The van der Waals surface area contributed by atoms with Crippen LogP contribution in [0.1, 0.15) is 18.4 Å². The molecule has 4 aromatic rings. The monoisotopic (exact) mass is 391 g/mol. The van der Waals surface area contributed by atoms with Crippen molar-refractivity contribution < 1.29 is 27.1 Å². The SMILES string of the molecule is CCOCn1cnc2cnc3cc(OCc4ccc(C(F)(F)F)o4)ccc3c21. The van der Waals surface area contributed by atoms with Crippen molar-refractivity contribution in [3.05, 3.63) is 54.4 Å². The third-order valence-corrected chi connectivity index (χ3v) is 4.17. The molecule has 0 atom stereocenters. The van der Waals surface area contributed by atoms with Crippen LogP contribution in [-0.4, -0.2) is 21.1 Å². The van der Waals surface area contributed by atoms with Gasteiger partial charge in [0.2, 0.25) is 5.76 Å². The van der Waals surface area contributed by atoms with Crippen molar-refractivity contribution in [1.29, 1.82) is 0 Å². The zero-order valence-corrected chi connectivity index (χ0v) is 14.9. The van der Waals surface area contributed by atoms with Gasteiger partial charge in [0.25, 0.3) is 0 Å². The lowest BCUT2D eigenvalue weighted by atomic mass is 10.2. The van der Waals surface area contributed by atoms with E-state index in [-0.39, 0.29) is 12.4 Å². The maximum atomic E-state index is 12.6.